The number of carbonyl (C=O) groups is 1. The molecule has 0 bridgehead atoms. The van der Waals surface area contributed by atoms with Crippen molar-refractivity contribution in [3.63, 3.8) is 0 Å². The predicted molar refractivity (Wildman–Crippen MR) is 98.7 cm³/mol. The quantitative estimate of drug-likeness (QED) is 0.910. The highest BCUT2D eigenvalue weighted by Crippen LogP contribution is 2.25. The number of likely N-dealkylation sites (tertiary alicyclic amines) is 1. The molecule has 0 unspecified atom stereocenters. The summed E-state index contributed by atoms with van der Waals surface area (Å²) in [7, 11) is 3.54. The molecule has 1 saturated heterocycles. The van der Waals surface area contributed by atoms with Crippen LogP contribution in [0.15, 0.2) is 48.7 Å². The number of amides is 1. The fourth-order valence-corrected chi connectivity index (χ4v) is 3.45. The predicted octanol–water partition coefficient (Wildman–Crippen LogP) is 2.84. The maximum absolute atomic E-state index is 12.8. The molecular weight excluding hydrogens is 314 g/mol. The minimum absolute atomic E-state index is 0.0408. The number of hydrogen-bond acceptors (Lipinski definition) is 4. The van der Waals surface area contributed by atoms with Gasteiger partial charge >= 0.3 is 0 Å². The third-order valence-corrected chi connectivity index (χ3v) is 4.89. The fourth-order valence-electron chi connectivity index (χ4n) is 3.45. The van der Waals surface area contributed by atoms with Crippen LogP contribution < -0.4 is 5.32 Å². The molecule has 1 aliphatic rings. The van der Waals surface area contributed by atoms with Crippen LogP contribution in [-0.2, 0) is 11.2 Å². The molecule has 0 spiro atoms. The van der Waals surface area contributed by atoms with Crippen molar-refractivity contribution in [2.24, 2.45) is 5.92 Å². The van der Waals surface area contributed by atoms with Crippen molar-refractivity contribution in [2.75, 3.05) is 32.6 Å². The fraction of sp³-hybridized carbons (Fsp3) is 0.400. The SMILES string of the molecule is CNc1cc(C(=O)N2CC[C@H](Cc3ccccc3)[C@H](OC)C2)ccn1. The third-order valence-electron chi connectivity index (χ3n) is 4.89. The molecule has 2 aromatic rings. The number of aromatic nitrogens is 1. The van der Waals surface area contributed by atoms with Crippen molar-refractivity contribution in [3.05, 3.63) is 59.8 Å². The van der Waals surface area contributed by atoms with Gasteiger partial charge in [-0.1, -0.05) is 30.3 Å². The van der Waals surface area contributed by atoms with Gasteiger partial charge < -0.3 is 15.0 Å². The number of pyridine rings is 1. The summed E-state index contributed by atoms with van der Waals surface area (Å²) in [6, 6.07) is 14.0. The first-order chi connectivity index (χ1) is 12.2. The molecule has 2 atom stereocenters. The van der Waals surface area contributed by atoms with Crippen LogP contribution in [0.1, 0.15) is 22.3 Å². The van der Waals surface area contributed by atoms with Crippen molar-refractivity contribution >= 4 is 11.7 Å². The number of rotatable bonds is 5. The Kier molecular flexibility index (Phi) is 5.66. The van der Waals surface area contributed by atoms with Gasteiger partial charge in [0.25, 0.3) is 5.91 Å². The minimum atomic E-state index is 0.0408. The van der Waals surface area contributed by atoms with Gasteiger partial charge in [-0.15, -0.1) is 0 Å². The van der Waals surface area contributed by atoms with Gasteiger partial charge in [-0.2, -0.15) is 0 Å². The number of carbonyl (C=O) groups excluding carboxylic acids is 1. The molecule has 1 amide bonds. The number of piperidine rings is 1. The zero-order valence-electron chi connectivity index (χ0n) is 14.8. The van der Waals surface area contributed by atoms with Gasteiger partial charge in [0.05, 0.1) is 6.10 Å². The van der Waals surface area contributed by atoms with Crippen LogP contribution >= 0.6 is 0 Å². The van der Waals surface area contributed by atoms with E-state index in [-0.39, 0.29) is 12.0 Å². The maximum Gasteiger partial charge on any atom is 0.254 e. The van der Waals surface area contributed by atoms with Gasteiger partial charge in [0, 0.05) is 39.0 Å². The third kappa shape index (κ3) is 4.17. The second-order valence-electron chi connectivity index (χ2n) is 6.44. The van der Waals surface area contributed by atoms with Gasteiger partial charge in [0.1, 0.15) is 5.82 Å². The highest BCUT2D eigenvalue weighted by Gasteiger charge is 2.32. The van der Waals surface area contributed by atoms with E-state index in [1.54, 1.807) is 32.5 Å². The van der Waals surface area contributed by atoms with Crippen LogP contribution in [0.2, 0.25) is 0 Å². The topological polar surface area (TPSA) is 54.5 Å². The Morgan fingerprint density at radius 3 is 2.84 bits per heavy atom. The summed E-state index contributed by atoms with van der Waals surface area (Å²) in [4.78, 5) is 18.9. The lowest BCUT2D eigenvalue weighted by atomic mass is 9.87. The Hall–Kier alpha value is -2.40. The molecule has 1 aromatic carbocycles. The number of benzene rings is 1. The molecule has 132 valence electrons. The lowest BCUT2D eigenvalue weighted by molar-refractivity contribution is -0.00696. The van der Waals surface area contributed by atoms with Crippen molar-refractivity contribution in [3.8, 4) is 0 Å². The number of ether oxygens (including phenoxy) is 1. The number of nitrogens with zero attached hydrogens (tertiary/aromatic N) is 2. The van der Waals surface area contributed by atoms with E-state index in [9.17, 15) is 4.79 Å². The lowest BCUT2D eigenvalue weighted by Crippen LogP contribution is -2.48. The molecule has 0 radical (unpaired) electrons. The average molecular weight is 339 g/mol. The van der Waals surface area contributed by atoms with Crippen molar-refractivity contribution in [1.82, 2.24) is 9.88 Å². The summed E-state index contributed by atoms with van der Waals surface area (Å²) in [5.74, 6) is 1.17. The van der Waals surface area contributed by atoms with Crippen LogP contribution in [0.4, 0.5) is 5.82 Å². The molecule has 25 heavy (non-hydrogen) atoms. The van der Waals surface area contributed by atoms with E-state index >= 15 is 0 Å². The molecule has 1 aromatic heterocycles. The lowest BCUT2D eigenvalue weighted by Gasteiger charge is -2.38. The Morgan fingerprint density at radius 1 is 1.32 bits per heavy atom. The van der Waals surface area contributed by atoms with Gasteiger partial charge in [0.2, 0.25) is 0 Å². The Balaban J connectivity index is 1.67. The zero-order valence-corrected chi connectivity index (χ0v) is 14.8. The number of hydrogen-bond donors (Lipinski definition) is 1. The zero-order chi connectivity index (χ0) is 17.6. The molecule has 0 aliphatic carbocycles. The van der Waals surface area contributed by atoms with E-state index in [2.05, 4.69) is 34.6 Å². The van der Waals surface area contributed by atoms with Crippen molar-refractivity contribution < 1.29 is 9.53 Å². The summed E-state index contributed by atoms with van der Waals surface area (Å²) in [6.45, 7) is 1.39. The Bertz CT molecular complexity index is 705. The first kappa shape index (κ1) is 17.4. The summed E-state index contributed by atoms with van der Waals surface area (Å²) in [5.41, 5.74) is 1.98. The first-order valence-corrected chi connectivity index (χ1v) is 8.71. The summed E-state index contributed by atoms with van der Waals surface area (Å²) < 4.78 is 5.72. The van der Waals surface area contributed by atoms with Crippen molar-refractivity contribution in [2.45, 2.75) is 18.9 Å². The number of nitrogens with one attached hydrogen (secondary N) is 1. The molecule has 2 heterocycles. The normalized spacial score (nSPS) is 20.3. The Labute approximate surface area is 149 Å². The van der Waals surface area contributed by atoms with Crippen LogP contribution in [-0.4, -0.2) is 49.1 Å². The average Bonchev–Trinajstić information content (AvgIpc) is 2.68. The van der Waals surface area contributed by atoms with E-state index in [1.807, 2.05) is 11.0 Å². The largest absolute Gasteiger partial charge is 0.379 e. The van der Waals surface area contributed by atoms with Gasteiger partial charge in [-0.3, -0.25) is 4.79 Å². The second-order valence-corrected chi connectivity index (χ2v) is 6.44. The standard InChI is InChI=1S/C20H25N3O2/c1-21-19-13-17(8-10-22-19)20(24)23-11-9-16(18(14-23)25-2)12-15-6-4-3-5-7-15/h3-8,10,13,16,18H,9,11-12,14H2,1-2H3,(H,21,22)/t16-,18-/m1/s1. The van der Waals surface area contributed by atoms with E-state index in [0.717, 1.165) is 19.4 Å². The van der Waals surface area contributed by atoms with Crippen LogP contribution in [0.3, 0.4) is 0 Å². The molecule has 1 fully saturated rings. The first-order valence-electron chi connectivity index (χ1n) is 8.71. The smallest absolute Gasteiger partial charge is 0.254 e. The van der Waals surface area contributed by atoms with E-state index in [0.29, 0.717) is 23.8 Å². The van der Waals surface area contributed by atoms with Crippen LogP contribution in [0, 0.1) is 5.92 Å². The number of anilines is 1. The van der Waals surface area contributed by atoms with Gasteiger partial charge in [-0.05, 0) is 36.5 Å². The monoisotopic (exact) mass is 339 g/mol. The van der Waals surface area contributed by atoms with E-state index in [1.165, 1.54) is 5.56 Å². The summed E-state index contributed by atoms with van der Waals surface area (Å²) in [5, 5.41) is 2.97. The summed E-state index contributed by atoms with van der Waals surface area (Å²) in [6.07, 6.45) is 3.65. The molecule has 1 aliphatic heterocycles. The Morgan fingerprint density at radius 2 is 2.12 bits per heavy atom. The van der Waals surface area contributed by atoms with Gasteiger partial charge in [-0.25, -0.2) is 4.98 Å². The molecule has 5 heteroatoms. The van der Waals surface area contributed by atoms with E-state index in [4.69, 9.17) is 4.74 Å². The minimum Gasteiger partial charge on any atom is -0.379 e. The molecule has 3 rings (SSSR count). The number of methoxy groups -OCH3 is 1. The van der Waals surface area contributed by atoms with E-state index < -0.39 is 0 Å². The highest BCUT2D eigenvalue weighted by atomic mass is 16.5. The van der Waals surface area contributed by atoms with Gasteiger partial charge in [0.15, 0.2) is 0 Å². The highest BCUT2D eigenvalue weighted by molar-refractivity contribution is 5.94. The van der Waals surface area contributed by atoms with Crippen LogP contribution in [0.5, 0.6) is 0 Å². The molecule has 5 nitrogen and oxygen atoms in total. The summed E-state index contributed by atoms with van der Waals surface area (Å²) >= 11 is 0. The molecular formula is C20H25N3O2. The molecule has 1 N–H and O–H groups in total. The van der Waals surface area contributed by atoms with Crippen molar-refractivity contribution in [1.29, 1.82) is 0 Å². The van der Waals surface area contributed by atoms with Crippen LogP contribution in [0.25, 0.3) is 0 Å². The maximum atomic E-state index is 12.8. The second kappa shape index (κ2) is 8.12. The molecule has 0 saturated carbocycles.